The van der Waals surface area contributed by atoms with Crippen LogP contribution in [0.25, 0.3) is 0 Å². The van der Waals surface area contributed by atoms with E-state index in [1.54, 1.807) is 6.07 Å². The zero-order valence-electron chi connectivity index (χ0n) is 12.6. The van der Waals surface area contributed by atoms with Crippen LogP contribution in [0.5, 0.6) is 0 Å². The lowest BCUT2D eigenvalue weighted by Gasteiger charge is -2.46. The van der Waals surface area contributed by atoms with Gasteiger partial charge in [0, 0.05) is 25.0 Å². The summed E-state index contributed by atoms with van der Waals surface area (Å²) in [5, 5.41) is 11.9. The van der Waals surface area contributed by atoms with Crippen molar-refractivity contribution < 1.29 is 9.84 Å². The Labute approximate surface area is 136 Å². The average Bonchev–Trinajstić information content (AvgIpc) is 2.51. The molecule has 5 heteroatoms. The van der Waals surface area contributed by atoms with E-state index in [1.807, 2.05) is 12.1 Å². The summed E-state index contributed by atoms with van der Waals surface area (Å²) in [6.45, 7) is 7.43. The molecule has 0 saturated carbocycles. The van der Waals surface area contributed by atoms with Gasteiger partial charge in [0.1, 0.15) is 0 Å². The minimum Gasteiger partial charge on any atom is -0.391 e. The second-order valence-corrected chi connectivity index (χ2v) is 6.59. The lowest BCUT2D eigenvalue weighted by Crippen LogP contribution is -2.58. The SMILES string of the molecule is CCC(C)(C(O)Cc1ccc(Cl)c(Cl)c1)N1CCOCC1. The van der Waals surface area contributed by atoms with Crippen molar-refractivity contribution in [3.05, 3.63) is 33.8 Å². The smallest absolute Gasteiger partial charge is 0.0761 e. The van der Waals surface area contributed by atoms with Gasteiger partial charge in [-0.15, -0.1) is 0 Å². The summed E-state index contributed by atoms with van der Waals surface area (Å²) in [5.41, 5.74) is 0.750. The highest BCUT2D eigenvalue weighted by Gasteiger charge is 2.37. The van der Waals surface area contributed by atoms with Gasteiger partial charge < -0.3 is 9.84 Å². The fourth-order valence-electron chi connectivity index (χ4n) is 2.85. The van der Waals surface area contributed by atoms with Gasteiger partial charge in [-0.25, -0.2) is 0 Å². The van der Waals surface area contributed by atoms with E-state index < -0.39 is 6.10 Å². The molecule has 1 aromatic carbocycles. The van der Waals surface area contributed by atoms with Crippen LogP contribution in [0, 0.1) is 0 Å². The third kappa shape index (κ3) is 3.91. The van der Waals surface area contributed by atoms with Crippen molar-refractivity contribution in [1.29, 1.82) is 0 Å². The highest BCUT2D eigenvalue weighted by molar-refractivity contribution is 6.42. The zero-order valence-corrected chi connectivity index (χ0v) is 14.1. The van der Waals surface area contributed by atoms with Crippen molar-refractivity contribution in [3.8, 4) is 0 Å². The predicted molar refractivity (Wildman–Crippen MR) is 87.3 cm³/mol. The average molecular weight is 332 g/mol. The van der Waals surface area contributed by atoms with Crippen LogP contribution in [0.15, 0.2) is 18.2 Å². The van der Waals surface area contributed by atoms with Gasteiger partial charge in [-0.2, -0.15) is 0 Å². The fraction of sp³-hybridized carbons (Fsp3) is 0.625. The number of ether oxygens (including phenoxy) is 1. The van der Waals surface area contributed by atoms with Crippen molar-refractivity contribution in [2.45, 2.75) is 38.3 Å². The first-order chi connectivity index (χ1) is 9.97. The molecular formula is C16H23Cl2NO2. The fourth-order valence-corrected chi connectivity index (χ4v) is 3.17. The minimum atomic E-state index is -0.460. The van der Waals surface area contributed by atoms with Crippen LogP contribution in [0.1, 0.15) is 25.8 Å². The van der Waals surface area contributed by atoms with Crippen molar-refractivity contribution in [3.63, 3.8) is 0 Å². The largest absolute Gasteiger partial charge is 0.391 e. The molecule has 0 spiro atoms. The molecule has 1 aliphatic heterocycles. The molecule has 1 aliphatic rings. The number of morpholine rings is 1. The molecule has 1 aromatic rings. The first-order valence-electron chi connectivity index (χ1n) is 7.42. The number of benzene rings is 1. The minimum absolute atomic E-state index is 0.254. The summed E-state index contributed by atoms with van der Waals surface area (Å²) in [6, 6.07) is 5.54. The normalized spacial score (nSPS) is 21.0. The van der Waals surface area contributed by atoms with E-state index in [2.05, 4.69) is 18.7 Å². The molecule has 2 rings (SSSR count). The van der Waals surface area contributed by atoms with Crippen LogP contribution in [0.4, 0.5) is 0 Å². The molecule has 1 fully saturated rings. The molecule has 0 aromatic heterocycles. The highest BCUT2D eigenvalue weighted by atomic mass is 35.5. The summed E-state index contributed by atoms with van der Waals surface area (Å²) in [4.78, 5) is 2.33. The summed E-state index contributed by atoms with van der Waals surface area (Å²) >= 11 is 12.0. The van der Waals surface area contributed by atoms with Crippen LogP contribution in [-0.4, -0.2) is 48.0 Å². The highest BCUT2D eigenvalue weighted by Crippen LogP contribution is 2.29. The standard InChI is InChI=1S/C16H23Cl2NO2/c1-3-16(2,19-6-8-21-9-7-19)15(20)11-12-4-5-13(17)14(18)10-12/h4-5,10,15,20H,3,6-9,11H2,1-2H3. The lowest BCUT2D eigenvalue weighted by atomic mass is 9.85. The number of hydrogen-bond donors (Lipinski definition) is 1. The monoisotopic (exact) mass is 331 g/mol. The van der Waals surface area contributed by atoms with Gasteiger partial charge in [-0.1, -0.05) is 36.2 Å². The molecular weight excluding hydrogens is 309 g/mol. The van der Waals surface area contributed by atoms with E-state index >= 15 is 0 Å². The van der Waals surface area contributed by atoms with Crippen molar-refractivity contribution in [1.82, 2.24) is 4.90 Å². The second-order valence-electron chi connectivity index (χ2n) is 5.78. The Hall–Kier alpha value is -0.320. The molecule has 1 heterocycles. The maximum Gasteiger partial charge on any atom is 0.0761 e. The Morgan fingerprint density at radius 3 is 2.52 bits per heavy atom. The van der Waals surface area contributed by atoms with Crippen LogP contribution in [0.2, 0.25) is 10.0 Å². The van der Waals surface area contributed by atoms with Gasteiger partial charge in [-0.3, -0.25) is 4.90 Å². The van der Waals surface area contributed by atoms with Crippen molar-refractivity contribution in [2.24, 2.45) is 0 Å². The van der Waals surface area contributed by atoms with Crippen molar-refractivity contribution in [2.75, 3.05) is 26.3 Å². The first kappa shape index (κ1) is 17.0. The quantitative estimate of drug-likeness (QED) is 0.897. The Morgan fingerprint density at radius 1 is 1.29 bits per heavy atom. The van der Waals surface area contributed by atoms with Gasteiger partial charge in [0.25, 0.3) is 0 Å². The molecule has 0 bridgehead atoms. The van der Waals surface area contributed by atoms with Crippen LogP contribution >= 0.6 is 23.2 Å². The topological polar surface area (TPSA) is 32.7 Å². The summed E-state index contributed by atoms with van der Waals surface area (Å²) in [5.74, 6) is 0. The Balaban J connectivity index is 2.11. The van der Waals surface area contributed by atoms with Gasteiger partial charge in [-0.05, 0) is 31.0 Å². The number of aliphatic hydroxyl groups is 1. The Kier molecular flexibility index (Phi) is 5.92. The number of nitrogens with zero attached hydrogens (tertiary/aromatic N) is 1. The summed E-state index contributed by atoms with van der Waals surface area (Å²) in [6.07, 6.45) is 0.992. The van der Waals surface area contributed by atoms with Gasteiger partial charge in [0.05, 0.1) is 29.4 Å². The second kappa shape index (κ2) is 7.30. The molecule has 21 heavy (non-hydrogen) atoms. The first-order valence-corrected chi connectivity index (χ1v) is 8.17. The molecule has 118 valence electrons. The van der Waals surface area contributed by atoms with Crippen molar-refractivity contribution >= 4 is 23.2 Å². The molecule has 2 unspecified atom stereocenters. The molecule has 2 atom stereocenters. The van der Waals surface area contributed by atoms with E-state index in [0.717, 1.165) is 38.3 Å². The number of halogens is 2. The molecule has 1 saturated heterocycles. The Bertz CT molecular complexity index is 477. The maximum absolute atomic E-state index is 10.8. The number of aliphatic hydroxyl groups excluding tert-OH is 1. The van der Waals surface area contributed by atoms with Crippen LogP contribution in [0.3, 0.4) is 0 Å². The third-order valence-corrected chi connectivity index (χ3v) is 5.32. The summed E-state index contributed by atoms with van der Waals surface area (Å²) < 4.78 is 5.41. The zero-order chi connectivity index (χ0) is 15.5. The van der Waals surface area contributed by atoms with E-state index in [0.29, 0.717) is 16.5 Å². The molecule has 0 aliphatic carbocycles. The molecule has 3 nitrogen and oxygen atoms in total. The van der Waals surface area contributed by atoms with E-state index in [9.17, 15) is 5.11 Å². The van der Waals surface area contributed by atoms with E-state index in [4.69, 9.17) is 27.9 Å². The Morgan fingerprint density at radius 2 is 1.95 bits per heavy atom. The van der Waals surface area contributed by atoms with E-state index in [1.165, 1.54) is 0 Å². The predicted octanol–water partition coefficient (Wildman–Crippen LogP) is 3.40. The molecule has 0 radical (unpaired) electrons. The molecule has 0 amide bonds. The van der Waals surface area contributed by atoms with E-state index in [-0.39, 0.29) is 5.54 Å². The number of hydrogen-bond acceptors (Lipinski definition) is 3. The molecule has 1 N–H and O–H groups in total. The van der Waals surface area contributed by atoms with Crippen LogP contribution in [-0.2, 0) is 11.2 Å². The van der Waals surface area contributed by atoms with Gasteiger partial charge >= 0.3 is 0 Å². The maximum atomic E-state index is 10.8. The van der Waals surface area contributed by atoms with Crippen LogP contribution < -0.4 is 0 Å². The van der Waals surface area contributed by atoms with Gasteiger partial charge in [0.15, 0.2) is 0 Å². The lowest BCUT2D eigenvalue weighted by molar-refractivity contribution is -0.0714. The summed E-state index contributed by atoms with van der Waals surface area (Å²) in [7, 11) is 0. The van der Waals surface area contributed by atoms with Gasteiger partial charge in [0.2, 0.25) is 0 Å². The number of rotatable bonds is 5. The third-order valence-electron chi connectivity index (χ3n) is 4.58.